The molecule has 7 nitrogen and oxygen atoms in total. The third-order valence-corrected chi connectivity index (χ3v) is 6.12. The highest BCUT2D eigenvalue weighted by molar-refractivity contribution is 7.92. The Balaban J connectivity index is 2.13. The molecule has 33 heavy (non-hydrogen) atoms. The van der Waals surface area contributed by atoms with Crippen molar-refractivity contribution in [3.63, 3.8) is 0 Å². The predicted octanol–water partition coefficient (Wildman–Crippen LogP) is 4.71. The number of nitrogens with zero attached hydrogens (tertiary/aromatic N) is 1. The lowest BCUT2D eigenvalue weighted by Gasteiger charge is -2.26. The van der Waals surface area contributed by atoms with Crippen molar-refractivity contribution in [3.8, 4) is 11.5 Å². The molecular formula is C23H22ClFN2O5S. The number of ether oxygens (including phenoxy) is 2. The summed E-state index contributed by atoms with van der Waals surface area (Å²) in [5, 5.41) is 3.10. The molecule has 1 N–H and O–H groups in total. The molecular weight excluding hydrogens is 471 g/mol. The Labute approximate surface area is 196 Å². The van der Waals surface area contributed by atoms with Crippen LogP contribution in [0.15, 0.2) is 60.7 Å². The highest BCUT2D eigenvalue weighted by Gasteiger charge is 2.26. The summed E-state index contributed by atoms with van der Waals surface area (Å²) in [4.78, 5) is 13.2. The molecule has 0 atom stereocenters. The third kappa shape index (κ3) is 5.94. The second-order valence-corrected chi connectivity index (χ2v) is 9.43. The normalized spacial score (nSPS) is 11.1. The van der Waals surface area contributed by atoms with Gasteiger partial charge in [-0.15, -0.1) is 0 Å². The summed E-state index contributed by atoms with van der Waals surface area (Å²) in [6.45, 7) is -0.0638. The average Bonchev–Trinajstić information content (AvgIpc) is 2.77. The number of benzene rings is 3. The van der Waals surface area contributed by atoms with E-state index in [1.807, 2.05) is 0 Å². The maximum atomic E-state index is 13.6. The Morgan fingerprint density at radius 3 is 2.24 bits per heavy atom. The van der Waals surface area contributed by atoms with Crippen molar-refractivity contribution >= 4 is 38.9 Å². The second kappa shape index (κ2) is 10.1. The maximum Gasteiger partial charge on any atom is 0.257 e. The van der Waals surface area contributed by atoms with E-state index in [0.717, 1.165) is 16.6 Å². The van der Waals surface area contributed by atoms with E-state index in [1.54, 1.807) is 24.3 Å². The van der Waals surface area contributed by atoms with Gasteiger partial charge < -0.3 is 14.8 Å². The van der Waals surface area contributed by atoms with E-state index < -0.39 is 21.7 Å². The van der Waals surface area contributed by atoms with Crippen LogP contribution >= 0.6 is 11.6 Å². The topological polar surface area (TPSA) is 84.9 Å². The van der Waals surface area contributed by atoms with Crippen LogP contribution in [0.4, 0.5) is 15.8 Å². The van der Waals surface area contributed by atoms with E-state index in [4.69, 9.17) is 21.1 Å². The number of carbonyl (C=O) groups is 1. The van der Waals surface area contributed by atoms with Crippen LogP contribution in [0.25, 0.3) is 0 Å². The highest BCUT2D eigenvalue weighted by Crippen LogP contribution is 2.37. The summed E-state index contributed by atoms with van der Waals surface area (Å²) in [5.41, 5.74) is 0.927. The number of nitrogens with one attached hydrogen (secondary N) is 1. The fourth-order valence-electron chi connectivity index (χ4n) is 3.16. The van der Waals surface area contributed by atoms with Crippen molar-refractivity contribution < 1.29 is 27.1 Å². The van der Waals surface area contributed by atoms with Crippen LogP contribution in [0.2, 0.25) is 5.02 Å². The van der Waals surface area contributed by atoms with E-state index >= 15 is 0 Å². The SMILES string of the molecule is COc1cc(C(=O)Nc2cccc(F)c2)c(N(Cc2ccc(Cl)cc2)S(C)(=O)=O)cc1OC. The van der Waals surface area contributed by atoms with E-state index in [2.05, 4.69) is 5.32 Å². The van der Waals surface area contributed by atoms with Gasteiger partial charge in [-0.05, 0) is 42.0 Å². The van der Waals surface area contributed by atoms with Crippen molar-refractivity contribution in [3.05, 3.63) is 82.6 Å². The number of halogens is 2. The van der Waals surface area contributed by atoms with Gasteiger partial charge in [0.15, 0.2) is 11.5 Å². The molecule has 0 saturated heterocycles. The zero-order valence-corrected chi connectivity index (χ0v) is 19.7. The van der Waals surface area contributed by atoms with Crippen LogP contribution < -0.4 is 19.1 Å². The van der Waals surface area contributed by atoms with Crippen LogP contribution in [0.5, 0.6) is 11.5 Å². The van der Waals surface area contributed by atoms with Gasteiger partial charge in [0.1, 0.15) is 5.82 Å². The highest BCUT2D eigenvalue weighted by atomic mass is 35.5. The molecule has 0 radical (unpaired) electrons. The Morgan fingerprint density at radius 2 is 1.67 bits per heavy atom. The van der Waals surface area contributed by atoms with Crippen LogP contribution in [0, 0.1) is 5.82 Å². The third-order valence-electron chi connectivity index (χ3n) is 4.74. The van der Waals surface area contributed by atoms with E-state index in [1.165, 1.54) is 44.6 Å². The van der Waals surface area contributed by atoms with E-state index in [0.29, 0.717) is 10.6 Å². The van der Waals surface area contributed by atoms with Gasteiger partial charge in [-0.3, -0.25) is 9.10 Å². The van der Waals surface area contributed by atoms with E-state index in [9.17, 15) is 17.6 Å². The molecule has 0 aromatic heterocycles. The average molecular weight is 493 g/mol. The summed E-state index contributed by atoms with van der Waals surface area (Å²) < 4.78 is 50.9. The molecule has 0 aliphatic heterocycles. The Morgan fingerprint density at radius 1 is 1.03 bits per heavy atom. The second-order valence-electron chi connectivity index (χ2n) is 7.08. The summed E-state index contributed by atoms with van der Waals surface area (Å²) in [6, 6.07) is 14.8. The molecule has 1 amide bonds. The first-order chi connectivity index (χ1) is 15.6. The van der Waals surface area contributed by atoms with Gasteiger partial charge in [0.25, 0.3) is 5.91 Å². The zero-order chi connectivity index (χ0) is 24.2. The molecule has 0 saturated carbocycles. The minimum Gasteiger partial charge on any atom is -0.493 e. The van der Waals surface area contributed by atoms with Gasteiger partial charge in [-0.2, -0.15) is 0 Å². The molecule has 3 aromatic carbocycles. The van der Waals surface area contributed by atoms with Crippen molar-refractivity contribution in [2.24, 2.45) is 0 Å². The lowest BCUT2D eigenvalue weighted by molar-refractivity contribution is 0.102. The first-order valence-electron chi connectivity index (χ1n) is 9.67. The molecule has 0 aliphatic rings. The molecule has 0 unspecified atom stereocenters. The Kier molecular flexibility index (Phi) is 7.45. The fraction of sp³-hybridized carbons (Fsp3) is 0.174. The number of carbonyl (C=O) groups excluding carboxylic acids is 1. The molecule has 174 valence electrons. The molecule has 0 spiro atoms. The summed E-state index contributed by atoms with van der Waals surface area (Å²) in [5.74, 6) is -0.715. The van der Waals surface area contributed by atoms with E-state index in [-0.39, 0.29) is 35.0 Å². The van der Waals surface area contributed by atoms with Gasteiger partial charge in [-0.25, -0.2) is 12.8 Å². The van der Waals surface area contributed by atoms with Crippen LogP contribution in [0.1, 0.15) is 15.9 Å². The Bertz CT molecular complexity index is 1270. The van der Waals surface area contributed by atoms with Crippen molar-refractivity contribution in [1.29, 1.82) is 0 Å². The monoisotopic (exact) mass is 492 g/mol. The summed E-state index contributed by atoms with van der Waals surface area (Å²) in [7, 11) is -1.04. The van der Waals surface area contributed by atoms with Gasteiger partial charge in [0, 0.05) is 16.8 Å². The first-order valence-corrected chi connectivity index (χ1v) is 11.9. The van der Waals surface area contributed by atoms with Crippen LogP contribution in [0.3, 0.4) is 0 Å². The number of rotatable bonds is 8. The molecule has 0 heterocycles. The largest absolute Gasteiger partial charge is 0.493 e. The molecule has 3 aromatic rings. The van der Waals surface area contributed by atoms with Crippen LogP contribution in [-0.2, 0) is 16.6 Å². The first kappa shape index (κ1) is 24.3. The van der Waals surface area contributed by atoms with Gasteiger partial charge >= 0.3 is 0 Å². The van der Waals surface area contributed by atoms with Gasteiger partial charge in [-0.1, -0.05) is 29.8 Å². The molecule has 3 rings (SSSR count). The lowest BCUT2D eigenvalue weighted by atomic mass is 10.1. The minimum atomic E-state index is -3.84. The molecule has 0 bridgehead atoms. The quantitative estimate of drug-likeness (QED) is 0.492. The van der Waals surface area contributed by atoms with Crippen LogP contribution in [-0.4, -0.2) is 34.8 Å². The maximum absolute atomic E-state index is 13.6. The number of methoxy groups -OCH3 is 2. The minimum absolute atomic E-state index is 0.00343. The molecule has 10 heteroatoms. The summed E-state index contributed by atoms with van der Waals surface area (Å²) >= 11 is 5.94. The number of anilines is 2. The van der Waals surface area contributed by atoms with Crippen molar-refractivity contribution in [1.82, 2.24) is 0 Å². The lowest BCUT2D eigenvalue weighted by Crippen LogP contribution is -2.31. The Hall–Kier alpha value is -3.30. The molecule has 0 aliphatic carbocycles. The standard InChI is InChI=1S/C23H22ClFN2O5S/c1-31-21-12-19(23(28)26-18-6-4-5-17(25)11-18)20(13-22(21)32-2)27(33(3,29)30)14-15-7-9-16(24)10-8-15/h4-13H,14H2,1-3H3,(H,26,28). The van der Waals surface area contributed by atoms with Crippen molar-refractivity contribution in [2.75, 3.05) is 30.1 Å². The predicted molar refractivity (Wildman–Crippen MR) is 126 cm³/mol. The fourth-order valence-corrected chi connectivity index (χ4v) is 4.18. The zero-order valence-electron chi connectivity index (χ0n) is 18.1. The number of amides is 1. The van der Waals surface area contributed by atoms with Gasteiger partial charge in [0.2, 0.25) is 10.0 Å². The van der Waals surface area contributed by atoms with Gasteiger partial charge in [0.05, 0.1) is 38.3 Å². The number of hydrogen-bond donors (Lipinski definition) is 1. The smallest absolute Gasteiger partial charge is 0.257 e. The number of sulfonamides is 1. The summed E-state index contributed by atoms with van der Waals surface area (Å²) in [6.07, 6.45) is 1.04. The molecule has 0 fully saturated rings. The number of hydrogen-bond acceptors (Lipinski definition) is 5. The van der Waals surface area contributed by atoms with Crippen molar-refractivity contribution in [2.45, 2.75) is 6.54 Å².